The molecule has 0 aliphatic heterocycles. The molecule has 1 amide bonds. The molecule has 2 aromatic carbocycles. The van der Waals surface area contributed by atoms with Gasteiger partial charge in [-0.05, 0) is 41.3 Å². The number of benzene rings is 2. The molecule has 134 valence electrons. The number of fused-ring (bicyclic) bond motifs is 1. The number of hydrogen-bond donors (Lipinski definition) is 2. The Kier molecular flexibility index (Phi) is 4.92. The first-order valence-electron chi connectivity index (χ1n) is 8.98. The van der Waals surface area contributed by atoms with Crippen molar-refractivity contribution in [1.29, 1.82) is 0 Å². The van der Waals surface area contributed by atoms with Crippen molar-refractivity contribution in [2.45, 2.75) is 19.3 Å². The number of hydrogen-bond acceptors (Lipinski definition) is 3. The normalized spacial score (nSPS) is 10.8. The van der Waals surface area contributed by atoms with Crippen LogP contribution in [-0.2, 0) is 24.1 Å². The minimum Gasteiger partial charge on any atom is -0.309 e. The number of nitrogens with zero attached hydrogens (tertiary/aromatic N) is 2. The minimum absolute atomic E-state index is 0.0749. The van der Waals surface area contributed by atoms with Crippen LogP contribution in [0.1, 0.15) is 17.0 Å². The van der Waals surface area contributed by atoms with Gasteiger partial charge in [0.1, 0.15) is 0 Å². The fraction of sp³-hybridized carbons (Fsp3) is 0.136. The highest BCUT2D eigenvalue weighted by atomic mass is 16.1. The number of aromatic amines is 1. The Hall–Kier alpha value is -3.47. The van der Waals surface area contributed by atoms with Crippen LogP contribution < -0.4 is 5.32 Å². The summed E-state index contributed by atoms with van der Waals surface area (Å²) in [6.45, 7) is 0. The summed E-state index contributed by atoms with van der Waals surface area (Å²) in [6.07, 6.45) is 3.73. The van der Waals surface area contributed by atoms with Gasteiger partial charge in [0.05, 0.1) is 6.42 Å². The molecule has 5 nitrogen and oxygen atoms in total. The third kappa shape index (κ3) is 4.20. The van der Waals surface area contributed by atoms with Gasteiger partial charge in [-0.3, -0.25) is 14.9 Å². The number of carbonyl (C=O) groups excluding carboxylic acids is 1. The summed E-state index contributed by atoms with van der Waals surface area (Å²) in [6, 6.07) is 21.9. The van der Waals surface area contributed by atoms with E-state index in [1.54, 1.807) is 6.20 Å². The van der Waals surface area contributed by atoms with E-state index in [0.717, 1.165) is 40.6 Å². The Balaban J connectivity index is 1.38. The molecule has 27 heavy (non-hydrogen) atoms. The van der Waals surface area contributed by atoms with E-state index in [2.05, 4.69) is 32.6 Å². The number of pyridine rings is 1. The molecule has 0 saturated heterocycles. The molecular formula is C22H20N4O. The van der Waals surface area contributed by atoms with Crippen LogP contribution in [0.5, 0.6) is 0 Å². The molecule has 0 radical (unpaired) electrons. The van der Waals surface area contributed by atoms with E-state index < -0.39 is 0 Å². The van der Waals surface area contributed by atoms with Crippen molar-refractivity contribution in [3.8, 4) is 0 Å². The standard InChI is InChI=1S/C22H20N4O/c27-22(14-17-8-5-7-16-6-1-2-10-20(16)17)24-21-15-19(25-26-21)12-11-18-9-3-4-13-23-18/h1-10,13,15H,11-12,14H2,(H2,24,25,26,27). The number of H-pyrrole nitrogens is 1. The lowest BCUT2D eigenvalue weighted by Gasteiger charge is -2.06. The maximum atomic E-state index is 12.4. The van der Waals surface area contributed by atoms with Gasteiger partial charge in [0.2, 0.25) is 5.91 Å². The summed E-state index contributed by atoms with van der Waals surface area (Å²) in [5, 5.41) is 12.3. The average molecular weight is 356 g/mol. The summed E-state index contributed by atoms with van der Waals surface area (Å²) in [4.78, 5) is 16.8. The molecule has 0 fully saturated rings. The second-order valence-electron chi connectivity index (χ2n) is 6.46. The quantitative estimate of drug-likeness (QED) is 0.550. The zero-order valence-corrected chi connectivity index (χ0v) is 14.9. The first kappa shape index (κ1) is 17.0. The number of carbonyl (C=O) groups is 1. The minimum atomic E-state index is -0.0749. The molecule has 4 aromatic rings. The lowest BCUT2D eigenvalue weighted by molar-refractivity contribution is -0.115. The second-order valence-corrected chi connectivity index (χ2v) is 6.46. The SMILES string of the molecule is O=C(Cc1cccc2ccccc12)Nc1cc(CCc2ccccn2)[nH]n1. The summed E-state index contributed by atoms with van der Waals surface area (Å²) >= 11 is 0. The van der Waals surface area contributed by atoms with Gasteiger partial charge in [0.25, 0.3) is 0 Å². The second kappa shape index (κ2) is 7.83. The number of anilines is 1. The van der Waals surface area contributed by atoms with Gasteiger partial charge < -0.3 is 5.32 Å². The first-order chi connectivity index (χ1) is 13.3. The Morgan fingerprint density at radius 2 is 1.81 bits per heavy atom. The Morgan fingerprint density at radius 1 is 0.963 bits per heavy atom. The van der Waals surface area contributed by atoms with Crippen LogP contribution in [0.15, 0.2) is 72.9 Å². The Bertz CT molecular complexity index is 1050. The number of amides is 1. The molecule has 2 aromatic heterocycles. The molecular weight excluding hydrogens is 336 g/mol. The van der Waals surface area contributed by atoms with E-state index in [1.807, 2.05) is 54.6 Å². The molecule has 0 bridgehead atoms. The summed E-state index contributed by atoms with van der Waals surface area (Å²) < 4.78 is 0. The van der Waals surface area contributed by atoms with E-state index >= 15 is 0 Å². The molecule has 0 atom stereocenters. The molecule has 4 rings (SSSR count). The van der Waals surface area contributed by atoms with Crippen molar-refractivity contribution >= 4 is 22.5 Å². The van der Waals surface area contributed by atoms with Crippen LogP contribution in [0.25, 0.3) is 10.8 Å². The molecule has 2 heterocycles. The van der Waals surface area contributed by atoms with Gasteiger partial charge in [-0.1, -0.05) is 48.5 Å². The van der Waals surface area contributed by atoms with E-state index in [-0.39, 0.29) is 5.91 Å². The molecule has 0 unspecified atom stereocenters. The maximum Gasteiger partial charge on any atom is 0.230 e. The highest BCUT2D eigenvalue weighted by Crippen LogP contribution is 2.19. The first-order valence-corrected chi connectivity index (χ1v) is 8.98. The smallest absolute Gasteiger partial charge is 0.230 e. The van der Waals surface area contributed by atoms with E-state index in [0.29, 0.717) is 12.2 Å². The van der Waals surface area contributed by atoms with Gasteiger partial charge in [0.15, 0.2) is 5.82 Å². The van der Waals surface area contributed by atoms with Crippen LogP contribution in [-0.4, -0.2) is 21.1 Å². The molecule has 0 aliphatic rings. The maximum absolute atomic E-state index is 12.4. The summed E-state index contributed by atoms with van der Waals surface area (Å²) in [5.41, 5.74) is 3.02. The monoisotopic (exact) mass is 356 g/mol. The average Bonchev–Trinajstić information content (AvgIpc) is 3.15. The molecule has 0 spiro atoms. The van der Waals surface area contributed by atoms with Crippen molar-refractivity contribution in [3.63, 3.8) is 0 Å². The lowest BCUT2D eigenvalue weighted by Crippen LogP contribution is -2.14. The summed E-state index contributed by atoms with van der Waals surface area (Å²) in [7, 11) is 0. The van der Waals surface area contributed by atoms with Crippen molar-refractivity contribution in [2.24, 2.45) is 0 Å². The van der Waals surface area contributed by atoms with Gasteiger partial charge in [0, 0.05) is 23.7 Å². The Labute approximate surface area is 157 Å². The van der Waals surface area contributed by atoms with Gasteiger partial charge in [-0.15, -0.1) is 0 Å². The van der Waals surface area contributed by atoms with Crippen LogP contribution >= 0.6 is 0 Å². The summed E-state index contributed by atoms with van der Waals surface area (Å²) in [5.74, 6) is 0.477. The molecule has 5 heteroatoms. The van der Waals surface area contributed by atoms with Crippen LogP contribution in [0.3, 0.4) is 0 Å². The highest BCUT2D eigenvalue weighted by molar-refractivity contribution is 5.95. The zero-order chi connectivity index (χ0) is 18.5. The predicted molar refractivity (Wildman–Crippen MR) is 107 cm³/mol. The van der Waals surface area contributed by atoms with E-state index in [4.69, 9.17) is 0 Å². The fourth-order valence-corrected chi connectivity index (χ4v) is 3.17. The van der Waals surface area contributed by atoms with Crippen molar-refractivity contribution in [2.75, 3.05) is 5.32 Å². The van der Waals surface area contributed by atoms with Gasteiger partial charge in [-0.2, -0.15) is 5.10 Å². The molecule has 0 saturated carbocycles. The fourth-order valence-electron chi connectivity index (χ4n) is 3.17. The van der Waals surface area contributed by atoms with Crippen LogP contribution in [0.4, 0.5) is 5.82 Å². The molecule has 0 aliphatic carbocycles. The van der Waals surface area contributed by atoms with Crippen LogP contribution in [0.2, 0.25) is 0 Å². The predicted octanol–water partition coefficient (Wildman–Crippen LogP) is 3.92. The zero-order valence-electron chi connectivity index (χ0n) is 14.9. The van der Waals surface area contributed by atoms with Gasteiger partial charge in [-0.25, -0.2) is 0 Å². The van der Waals surface area contributed by atoms with Crippen molar-refractivity contribution in [3.05, 3.63) is 89.9 Å². The largest absolute Gasteiger partial charge is 0.309 e. The van der Waals surface area contributed by atoms with Gasteiger partial charge >= 0.3 is 0 Å². The third-order valence-electron chi connectivity index (χ3n) is 4.51. The topological polar surface area (TPSA) is 70.7 Å². The number of aryl methyl sites for hydroxylation is 2. The lowest BCUT2D eigenvalue weighted by atomic mass is 10.0. The van der Waals surface area contributed by atoms with Crippen LogP contribution in [0, 0.1) is 0 Å². The molecule has 2 N–H and O–H groups in total. The van der Waals surface area contributed by atoms with Crippen molar-refractivity contribution in [1.82, 2.24) is 15.2 Å². The van der Waals surface area contributed by atoms with E-state index in [9.17, 15) is 4.79 Å². The number of rotatable bonds is 6. The number of aromatic nitrogens is 3. The Morgan fingerprint density at radius 3 is 2.70 bits per heavy atom. The third-order valence-corrected chi connectivity index (χ3v) is 4.51. The highest BCUT2D eigenvalue weighted by Gasteiger charge is 2.09. The number of nitrogens with one attached hydrogen (secondary N) is 2. The van der Waals surface area contributed by atoms with Crippen molar-refractivity contribution < 1.29 is 4.79 Å². The van der Waals surface area contributed by atoms with E-state index in [1.165, 1.54) is 0 Å².